The lowest BCUT2D eigenvalue weighted by molar-refractivity contribution is -0.136. The summed E-state index contributed by atoms with van der Waals surface area (Å²) in [6.45, 7) is 5.91. The molecule has 3 aliphatic heterocycles. The van der Waals surface area contributed by atoms with E-state index in [1.807, 2.05) is 12.1 Å². The second-order valence-electron chi connectivity index (χ2n) is 8.08. The van der Waals surface area contributed by atoms with Gasteiger partial charge in [-0.05, 0) is 57.2 Å². The molecule has 0 bridgehead atoms. The van der Waals surface area contributed by atoms with Crippen LogP contribution in [0, 0.1) is 17.2 Å². The number of likely N-dealkylation sites (tertiary alicyclic amines) is 2. The van der Waals surface area contributed by atoms with Crippen molar-refractivity contribution in [1.29, 1.82) is 5.26 Å². The fourth-order valence-corrected chi connectivity index (χ4v) is 4.86. The minimum absolute atomic E-state index is 0.198. The van der Waals surface area contributed by atoms with Gasteiger partial charge in [-0.3, -0.25) is 9.69 Å². The maximum absolute atomic E-state index is 12.8. The molecule has 0 radical (unpaired) electrons. The molecule has 3 saturated heterocycles. The van der Waals surface area contributed by atoms with Gasteiger partial charge in [0.25, 0.3) is 0 Å². The molecule has 3 fully saturated rings. The first kappa shape index (κ1) is 18.2. The SMILES string of the molecule is N#Cc1cccc(N2CCC(N3CCCC(C(=O)N4CCCC4)C3)CC2)n1. The second kappa shape index (κ2) is 8.26. The number of hydrogen-bond donors (Lipinski definition) is 0. The number of amides is 1. The van der Waals surface area contributed by atoms with E-state index in [2.05, 4.69) is 25.8 Å². The molecule has 1 aromatic rings. The van der Waals surface area contributed by atoms with E-state index in [4.69, 9.17) is 5.26 Å². The Hall–Kier alpha value is -2.13. The van der Waals surface area contributed by atoms with Gasteiger partial charge in [0.2, 0.25) is 5.91 Å². The number of anilines is 1. The van der Waals surface area contributed by atoms with Gasteiger partial charge in [0.15, 0.2) is 0 Å². The smallest absolute Gasteiger partial charge is 0.226 e. The normalized spacial score (nSPS) is 24.8. The Balaban J connectivity index is 1.32. The molecule has 1 atom stereocenters. The molecule has 4 heterocycles. The number of hydrogen-bond acceptors (Lipinski definition) is 5. The maximum Gasteiger partial charge on any atom is 0.226 e. The van der Waals surface area contributed by atoms with Gasteiger partial charge >= 0.3 is 0 Å². The van der Waals surface area contributed by atoms with Gasteiger partial charge in [-0.1, -0.05) is 6.07 Å². The van der Waals surface area contributed by atoms with Crippen molar-refractivity contribution in [2.45, 2.75) is 44.6 Å². The lowest BCUT2D eigenvalue weighted by Gasteiger charge is -2.42. The molecular formula is C21H29N5O. The number of carbonyl (C=O) groups is 1. The lowest BCUT2D eigenvalue weighted by Crippen LogP contribution is -2.51. The molecule has 0 aliphatic carbocycles. The molecule has 27 heavy (non-hydrogen) atoms. The van der Waals surface area contributed by atoms with E-state index in [1.165, 1.54) is 12.8 Å². The van der Waals surface area contributed by atoms with Crippen molar-refractivity contribution in [1.82, 2.24) is 14.8 Å². The van der Waals surface area contributed by atoms with Crippen LogP contribution in [-0.2, 0) is 4.79 Å². The molecule has 3 aliphatic rings. The zero-order valence-corrected chi connectivity index (χ0v) is 16.0. The highest BCUT2D eigenvalue weighted by Crippen LogP contribution is 2.27. The van der Waals surface area contributed by atoms with E-state index in [-0.39, 0.29) is 5.92 Å². The molecule has 0 N–H and O–H groups in total. The molecule has 0 aromatic carbocycles. The molecular weight excluding hydrogens is 338 g/mol. The van der Waals surface area contributed by atoms with E-state index >= 15 is 0 Å². The quantitative estimate of drug-likeness (QED) is 0.820. The Morgan fingerprint density at radius 1 is 1.04 bits per heavy atom. The molecule has 6 nitrogen and oxygen atoms in total. The van der Waals surface area contributed by atoms with Gasteiger partial charge in [-0.15, -0.1) is 0 Å². The molecule has 1 unspecified atom stereocenters. The highest BCUT2D eigenvalue weighted by Gasteiger charge is 2.34. The monoisotopic (exact) mass is 367 g/mol. The van der Waals surface area contributed by atoms with Crippen LogP contribution in [0.3, 0.4) is 0 Å². The summed E-state index contributed by atoms with van der Waals surface area (Å²) < 4.78 is 0. The van der Waals surface area contributed by atoms with Gasteiger partial charge in [-0.25, -0.2) is 4.98 Å². The fraction of sp³-hybridized carbons (Fsp3) is 0.667. The van der Waals surface area contributed by atoms with Crippen molar-refractivity contribution in [3.8, 4) is 6.07 Å². The van der Waals surface area contributed by atoms with Gasteiger partial charge < -0.3 is 9.80 Å². The molecule has 0 spiro atoms. The third-order valence-electron chi connectivity index (χ3n) is 6.37. The van der Waals surface area contributed by atoms with Crippen molar-refractivity contribution in [3.63, 3.8) is 0 Å². The maximum atomic E-state index is 12.8. The Morgan fingerprint density at radius 3 is 2.56 bits per heavy atom. The van der Waals surface area contributed by atoms with Crippen LogP contribution in [0.4, 0.5) is 5.82 Å². The second-order valence-corrected chi connectivity index (χ2v) is 8.08. The summed E-state index contributed by atoms with van der Waals surface area (Å²) >= 11 is 0. The van der Waals surface area contributed by atoms with Crippen LogP contribution >= 0.6 is 0 Å². The number of nitrogens with zero attached hydrogens (tertiary/aromatic N) is 5. The van der Waals surface area contributed by atoms with E-state index in [9.17, 15) is 4.79 Å². The van der Waals surface area contributed by atoms with Crippen LogP contribution in [-0.4, -0.2) is 66.0 Å². The third-order valence-corrected chi connectivity index (χ3v) is 6.37. The van der Waals surface area contributed by atoms with Crippen molar-refractivity contribution < 1.29 is 4.79 Å². The topological polar surface area (TPSA) is 63.5 Å². The predicted molar refractivity (Wildman–Crippen MR) is 104 cm³/mol. The Labute approximate surface area is 161 Å². The van der Waals surface area contributed by atoms with Crippen LogP contribution in [0.15, 0.2) is 18.2 Å². The standard InChI is InChI=1S/C21H29N5O/c22-15-18-6-3-7-20(23-18)24-13-8-19(9-14-24)26-12-4-5-17(16-26)21(27)25-10-1-2-11-25/h3,6-7,17,19H,1-2,4-5,8-14,16H2. The third kappa shape index (κ3) is 4.08. The lowest BCUT2D eigenvalue weighted by atomic mass is 9.93. The highest BCUT2D eigenvalue weighted by molar-refractivity contribution is 5.79. The van der Waals surface area contributed by atoms with Gasteiger partial charge in [0.05, 0.1) is 5.92 Å². The van der Waals surface area contributed by atoms with E-state index < -0.39 is 0 Å². The largest absolute Gasteiger partial charge is 0.356 e. The summed E-state index contributed by atoms with van der Waals surface area (Å²) in [5.41, 5.74) is 0.480. The number of piperidine rings is 2. The number of carbonyl (C=O) groups excluding carboxylic acids is 1. The zero-order chi connectivity index (χ0) is 18.6. The number of aromatic nitrogens is 1. The van der Waals surface area contributed by atoms with Crippen molar-refractivity contribution in [2.75, 3.05) is 44.2 Å². The zero-order valence-electron chi connectivity index (χ0n) is 16.0. The van der Waals surface area contributed by atoms with E-state index in [1.54, 1.807) is 6.07 Å². The summed E-state index contributed by atoms with van der Waals surface area (Å²) in [4.78, 5) is 24.2. The predicted octanol–water partition coefficient (Wildman–Crippen LogP) is 2.26. The molecule has 144 valence electrons. The molecule has 6 heteroatoms. The van der Waals surface area contributed by atoms with E-state index in [0.717, 1.165) is 70.8 Å². The minimum atomic E-state index is 0.198. The van der Waals surface area contributed by atoms with Crippen molar-refractivity contribution in [3.05, 3.63) is 23.9 Å². The molecule has 4 rings (SSSR count). The average Bonchev–Trinajstić information content (AvgIpc) is 3.28. The van der Waals surface area contributed by atoms with Crippen molar-refractivity contribution in [2.24, 2.45) is 5.92 Å². The molecule has 0 saturated carbocycles. The number of nitriles is 1. The van der Waals surface area contributed by atoms with Crippen molar-refractivity contribution >= 4 is 11.7 Å². The van der Waals surface area contributed by atoms with Crippen LogP contribution < -0.4 is 4.90 Å². The van der Waals surface area contributed by atoms with Crippen LogP contribution in [0.5, 0.6) is 0 Å². The number of pyridine rings is 1. The Morgan fingerprint density at radius 2 is 1.81 bits per heavy atom. The first-order valence-electron chi connectivity index (χ1n) is 10.4. The van der Waals surface area contributed by atoms with Crippen LogP contribution in [0.1, 0.15) is 44.2 Å². The van der Waals surface area contributed by atoms with Gasteiger partial charge in [0.1, 0.15) is 17.6 Å². The molecule has 1 amide bonds. The summed E-state index contributed by atoms with van der Waals surface area (Å²) in [7, 11) is 0. The van der Waals surface area contributed by atoms with E-state index in [0.29, 0.717) is 17.6 Å². The summed E-state index contributed by atoms with van der Waals surface area (Å²) in [6, 6.07) is 8.34. The average molecular weight is 367 g/mol. The van der Waals surface area contributed by atoms with Gasteiger partial charge in [0, 0.05) is 38.8 Å². The summed E-state index contributed by atoms with van der Waals surface area (Å²) in [6.07, 6.45) is 6.72. The van der Waals surface area contributed by atoms with Crippen LogP contribution in [0.2, 0.25) is 0 Å². The fourth-order valence-electron chi connectivity index (χ4n) is 4.86. The first-order valence-corrected chi connectivity index (χ1v) is 10.4. The summed E-state index contributed by atoms with van der Waals surface area (Å²) in [5.74, 6) is 1.50. The minimum Gasteiger partial charge on any atom is -0.356 e. The number of rotatable bonds is 3. The van der Waals surface area contributed by atoms with Crippen LogP contribution in [0.25, 0.3) is 0 Å². The Bertz CT molecular complexity index is 701. The van der Waals surface area contributed by atoms with Gasteiger partial charge in [-0.2, -0.15) is 5.26 Å². The molecule has 1 aromatic heterocycles. The Kier molecular flexibility index (Phi) is 5.58. The first-order chi connectivity index (χ1) is 13.2. The summed E-state index contributed by atoms with van der Waals surface area (Å²) in [5, 5.41) is 9.05. The highest BCUT2D eigenvalue weighted by atomic mass is 16.2.